The zero-order valence-electron chi connectivity index (χ0n) is 16.6. The lowest BCUT2D eigenvalue weighted by molar-refractivity contribution is -0.134. The van der Waals surface area contributed by atoms with Crippen LogP contribution in [0.1, 0.15) is 31.0 Å². The van der Waals surface area contributed by atoms with E-state index in [4.69, 9.17) is 20.4 Å². The van der Waals surface area contributed by atoms with Gasteiger partial charge in [-0.25, -0.2) is 4.98 Å². The van der Waals surface area contributed by atoms with Crippen molar-refractivity contribution in [2.75, 3.05) is 31.1 Å². The first-order valence-corrected chi connectivity index (χ1v) is 10.4. The smallest absolute Gasteiger partial charge is 0.300 e. The zero-order chi connectivity index (χ0) is 21.1. The van der Waals surface area contributed by atoms with Crippen LogP contribution in [0, 0.1) is 0 Å². The quantitative estimate of drug-likeness (QED) is 0.598. The molecule has 1 fully saturated rings. The summed E-state index contributed by atoms with van der Waals surface area (Å²) >= 11 is 1.65. The van der Waals surface area contributed by atoms with Gasteiger partial charge in [-0.1, -0.05) is 12.1 Å². The first-order chi connectivity index (χ1) is 14.0. The summed E-state index contributed by atoms with van der Waals surface area (Å²) in [6.07, 6.45) is 2.82. The van der Waals surface area contributed by atoms with E-state index in [9.17, 15) is 4.79 Å². The van der Waals surface area contributed by atoms with Gasteiger partial charge in [0.25, 0.3) is 5.97 Å². The van der Waals surface area contributed by atoms with E-state index >= 15 is 0 Å². The first kappa shape index (κ1) is 22.6. The van der Waals surface area contributed by atoms with Gasteiger partial charge >= 0.3 is 0 Å². The number of amides is 1. The predicted octanol–water partition coefficient (Wildman–Crippen LogP) is 2.03. The van der Waals surface area contributed by atoms with Crippen molar-refractivity contribution in [1.29, 1.82) is 0 Å². The van der Waals surface area contributed by atoms with Gasteiger partial charge in [0, 0.05) is 31.9 Å². The maximum Gasteiger partial charge on any atom is 0.300 e. The Morgan fingerprint density at radius 1 is 1.28 bits per heavy atom. The molecule has 1 aliphatic heterocycles. The summed E-state index contributed by atoms with van der Waals surface area (Å²) in [6, 6.07) is 7.53. The third-order valence-electron chi connectivity index (χ3n) is 4.06. The number of hydrogen-bond donors (Lipinski definition) is 3. The Balaban J connectivity index is 0.000000687. The van der Waals surface area contributed by atoms with Gasteiger partial charge in [-0.15, -0.1) is 11.3 Å². The first-order valence-electron chi connectivity index (χ1n) is 9.55. The lowest BCUT2D eigenvalue weighted by atomic mass is 10.1. The molecule has 4 N–H and O–H groups in total. The summed E-state index contributed by atoms with van der Waals surface area (Å²) in [4.78, 5) is 28.0. The summed E-state index contributed by atoms with van der Waals surface area (Å²) in [5.41, 5.74) is 7.28. The largest absolute Gasteiger partial charge is 0.492 e. The SMILES string of the molecule is CC(=O)O.NCCOc1ccc(CC(=O)NCc2csc(N3CCCC3)n2)cc1. The molecule has 0 saturated carbocycles. The molecule has 8 nitrogen and oxygen atoms in total. The molecule has 0 atom stereocenters. The summed E-state index contributed by atoms with van der Waals surface area (Å²) in [6.45, 7) is 4.71. The minimum absolute atomic E-state index is 0.00801. The maximum absolute atomic E-state index is 12.1. The van der Waals surface area contributed by atoms with E-state index in [1.807, 2.05) is 29.6 Å². The number of ether oxygens (including phenoxy) is 1. The molecule has 29 heavy (non-hydrogen) atoms. The van der Waals surface area contributed by atoms with Crippen molar-refractivity contribution in [2.45, 2.75) is 32.7 Å². The van der Waals surface area contributed by atoms with Crippen LogP contribution in [0.2, 0.25) is 0 Å². The average molecular weight is 421 g/mol. The molecule has 2 aromatic rings. The molecule has 0 radical (unpaired) electrons. The molecule has 1 aromatic heterocycles. The van der Waals surface area contributed by atoms with E-state index in [0.717, 1.165) is 42.2 Å². The average Bonchev–Trinajstić information content (AvgIpc) is 3.37. The van der Waals surface area contributed by atoms with Crippen LogP contribution in [0.3, 0.4) is 0 Å². The van der Waals surface area contributed by atoms with E-state index in [0.29, 0.717) is 26.1 Å². The number of hydrogen-bond acceptors (Lipinski definition) is 7. The third kappa shape index (κ3) is 8.49. The highest BCUT2D eigenvalue weighted by Gasteiger charge is 2.15. The minimum atomic E-state index is -0.833. The Morgan fingerprint density at radius 2 is 1.93 bits per heavy atom. The Labute approximate surface area is 174 Å². The van der Waals surface area contributed by atoms with Crippen molar-refractivity contribution in [3.8, 4) is 5.75 Å². The monoisotopic (exact) mass is 420 g/mol. The maximum atomic E-state index is 12.1. The number of nitrogens with two attached hydrogens (primary N) is 1. The van der Waals surface area contributed by atoms with Crippen LogP contribution in [0.4, 0.5) is 5.13 Å². The topological polar surface area (TPSA) is 118 Å². The van der Waals surface area contributed by atoms with E-state index in [1.165, 1.54) is 12.8 Å². The van der Waals surface area contributed by atoms with Crippen molar-refractivity contribution >= 4 is 28.3 Å². The highest BCUT2D eigenvalue weighted by atomic mass is 32.1. The van der Waals surface area contributed by atoms with Crippen LogP contribution in [0.25, 0.3) is 0 Å². The van der Waals surface area contributed by atoms with Crippen molar-refractivity contribution in [3.05, 3.63) is 40.9 Å². The summed E-state index contributed by atoms with van der Waals surface area (Å²) in [5, 5.41) is 13.4. The van der Waals surface area contributed by atoms with Crippen molar-refractivity contribution in [3.63, 3.8) is 0 Å². The minimum Gasteiger partial charge on any atom is -0.492 e. The normalized spacial score (nSPS) is 12.8. The summed E-state index contributed by atoms with van der Waals surface area (Å²) < 4.78 is 5.43. The molecular formula is C20H28N4O4S. The fraction of sp³-hybridized carbons (Fsp3) is 0.450. The molecule has 3 rings (SSSR count). The molecule has 158 valence electrons. The van der Waals surface area contributed by atoms with Gasteiger partial charge < -0.3 is 25.8 Å². The number of thiazole rings is 1. The molecular weight excluding hydrogens is 392 g/mol. The van der Waals surface area contributed by atoms with E-state index in [-0.39, 0.29) is 5.91 Å². The lowest BCUT2D eigenvalue weighted by Gasteiger charge is -2.12. The van der Waals surface area contributed by atoms with Gasteiger partial charge in [0.05, 0.1) is 18.7 Å². The van der Waals surface area contributed by atoms with Crippen LogP contribution in [0.5, 0.6) is 5.75 Å². The van der Waals surface area contributed by atoms with Gasteiger partial charge in [-0.05, 0) is 30.5 Å². The Bertz CT molecular complexity index is 769. The molecule has 0 spiro atoms. The van der Waals surface area contributed by atoms with E-state index < -0.39 is 5.97 Å². The number of nitrogens with zero attached hydrogens (tertiary/aromatic N) is 2. The van der Waals surface area contributed by atoms with E-state index in [2.05, 4.69) is 15.2 Å². The summed E-state index contributed by atoms with van der Waals surface area (Å²) in [7, 11) is 0. The van der Waals surface area contributed by atoms with Gasteiger partial charge in [0.1, 0.15) is 12.4 Å². The molecule has 2 heterocycles. The molecule has 0 aliphatic carbocycles. The number of carboxylic acid groups (broad SMARTS) is 1. The molecule has 1 aromatic carbocycles. The van der Waals surface area contributed by atoms with Gasteiger partial charge in [-0.3, -0.25) is 9.59 Å². The van der Waals surface area contributed by atoms with Crippen LogP contribution in [-0.2, 0) is 22.6 Å². The number of aromatic nitrogens is 1. The third-order valence-corrected chi connectivity index (χ3v) is 5.01. The number of rotatable bonds is 8. The lowest BCUT2D eigenvalue weighted by Crippen LogP contribution is -2.25. The number of anilines is 1. The van der Waals surface area contributed by atoms with Crippen LogP contribution in [-0.4, -0.2) is 48.2 Å². The predicted molar refractivity (Wildman–Crippen MR) is 113 cm³/mol. The zero-order valence-corrected chi connectivity index (χ0v) is 17.4. The fourth-order valence-electron chi connectivity index (χ4n) is 2.75. The standard InChI is InChI=1S/C18H24N4O2S.C2H4O2/c19-7-10-24-16-5-3-14(4-6-16)11-17(23)20-12-15-13-25-18(21-15)22-8-1-2-9-22;1-2(3)4/h3-6,13H,1-2,7-12,19H2,(H,20,23);1H3,(H,3,4). The number of benzene rings is 1. The molecule has 1 amide bonds. The fourth-order valence-corrected chi connectivity index (χ4v) is 3.63. The number of carboxylic acids is 1. The molecule has 9 heteroatoms. The highest BCUT2D eigenvalue weighted by molar-refractivity contribution is 7.13. The van der Waals surface area contributed by atoms with E-state index in [1.54, 1.807) is 11.3 Å². The molecule has 0 bridgehead atoms. The molecule has 1 aliphatic rings. The van der Waals surface area contributed by atoms with Crippen LogP contribution < -0.4 is 20.7 Å². The van der Waals surface area contributed by atoms with Crippen molar-refractivity contribution in [2.24, 2.45) is 5.73 Å². The second-order valence-corrected chi connectivity index (χ2v) is 7.41. The number of carbonyl (C=O) groups is 2. The Kier molecular flexibility index (Phi) is 9.39. The number of aliphatic carboxylic acids is 1. The van der Waals surface area contributed by atoms with Gasteiger partial charge in [0.2, 0.25) is 5.91 Å². The van der Waals surface area contributed by atoms with Crippen LogP contribution in [0.15, 0.2) is 29.6 Å². The Morgan fingerprint density at radius 3 is 2.55 bits per heavy atom. The highest BCUT2D eigenvalue weighted by Crippen LogP contribution is 2.24. The molecule has 0 unspecified atom stereocenters. The van der Waals surface area contributed by atoms with Crippen LogP contribution >= 0.6 is 11.3 Å². The summed E-state index contributed by atoms with van der Waals surface area (Å²) in [5.74, 6) is -0.0714. The Hall–Kier alpha value is -2.65. The molecule has 1 saturated heterocycles. The van der Waals surface area contributed by atoms with Gasteiger partial charge in [0.15, 0.2) is 5.13 Å². The van der Waals surface area contributed by atoms with Gasteiger partial charge in [-0.2, -0.15) is 0 Å². The van der Waals surface area contributed by atoms with Crippen molar-refractivity contribution < 1.29 is 19.4 Å². The number of carbonyl (C=O) groups excluding carboxylic acids is 1. The second-order valence-electron chi connectivity index (χ2n) is 6.57. The second kappa shape index (κ2) is 12.0. The van der Waals surface area contributed by atoms with Crippen molar-refractivity contribution in [1.82, 2.24) is 10.3 Å². The number of nitrogens with one attached hydrogen (secondary N) is 1.